The van der Waals surface area contributed by atoms with Crippen molar-refractivity contribution in [3.63, 3.8) is 0 Å². The van der Waals surface area contributed by atoms with E-state index in [1.165, 1.54) is 55.8 Å². The van der Waals surface area contributed by atoms with E-state index in [1.807, 2.05) is 11.8 Å². The maximum Gasteiger partial charge on any atom is 0.0349 e. The second kappa shape index (κ2) is 6.82. The lowest BCUT2D eigenvalue weighted by molar-refractivity contribution is 0.201. The van der Waals surface area contributed by atoms with Crippen molar-refractivity contribution >= 4 is 17.8 Å². The molecule has 20 heavy (non-hydrogen) atoms. The SMILES string of the molecule is CCN1CC(Sc2ccc(/C=C/C3CCCC3)cc2)C1. The molecule has 0 atom stereocenters. The van der Waals surface area contributed by atoms with Gasteiger partial charge >= 0.3 is 0 Å². The van der Waals surface area contributed by atoms with Crippen LogP contribution in [0.4, 0.5) is 0 Å². The van der Waals surface area contributed by atoms with Crippen molar-refractivity contribution in [3.8, 4) is 0 Å². The monoisotopic (exact) mass is 287 g/mol. The Hall–Kier alpha value is -0.730. The molecule has 0 aromatic heterocycles. The molecular weight excluding hydrogens is 262 g/mol. The number of nitrogens with zero attached hydrogens (tertiary/aromatic N) is 1. The van der Waals surface area contributed by atoms with Crippen LogP contribution < -0.4 is 0 Å². The number of allylic oxidation sites excluding steroid dienone is 1. The minimum absolute atomic E-state index is 0.801. The van der Waals surface area contributed by atoms with Crippen molar-refractivity contribution in [1.29, 1.82) is 0 Å². The van der Waals surface area contributed by atoms with Crippen molar-refractivity contribution in [2.75, 3.05) is 19.6 Å². The van der Waals surface area contributed by atoms with Gasteiger partial charge in [-0.05, 0) is 43.0 Å². The van der Waals surface area contributed by atoms with Gasteiger partial charge in [-0.3, -0.25) is 0 Å². The molecule has 2 heteroatoms. The third kappa shape index (κ3) is 3.67. The van der Waals surface area contributed by atoms with Crippen LogP contribution in [0.1, 0.15) is 38.2 Å². The summed E-state index contributed by atoms with van der Waals surface area (Å²) in [6, 6.07) is 9.11. The standard InChI is InChI=1S/C18H25NS/c1-2-19-13-18(14-19)20-17-11-9-16(10-12-17)8-7-15-5-3-4-6-15/h7-12,15,18H,2-6,13-14H2,1H3/b8-7+. The van der Waals surface area contributed by atoms with Gasteiger partial charge in [0.05, 0.1) is 0 Å². The summed E-state index contributed by atoms with van der Waals surface area (Å²) in [6.45, 7) is 5.95. The van der Waals surface area contributed by atoms with Crippen molar-refractivity contribution in [2.45, 2.75) is 42.8 Å². The highest BCUT2D eigenvalue weighted by Crippen LogP contribution is 2.30. The number of thioether (sulfide) groups is 1. The Morgan fingerprint density at radius 3 is 2.50 bits per heavy atom. The summed E-state index contributed by atoms with van der Waals surface area (Å²) in [5.41, 5.74) is 1.35. The predicted molar refractivity (Wildman–Crippen MR) is 89.2 cm³/mol. The van der Waals surface area contributed by atoms with Crippen LogP contribution in [0.5, 0.6) is 0 Å². The molecule has 1 saturated heterocycles. The molecule has 1 aromatic carbocycles. The molecule has 1 aromatic rings. The molecule has 0 N–H and O–H groups in total. The van der Waals surface area contributed by atoms with E-state index >= 15 is 0 Å². The maximum atomic E-state index is 2.50. The fraction of sp³-hybridized carbons (Fsp3) is 0.556. The molecule has 1 heterocycles. The van der Waals surface area contributed by atoms with E-state index in [-0.39, 0.29) is 0 Å². The first-order chi connectivity index (χ1) is 9.83. The molecule has 0 radical (unpaired) electrons. The minimum atomic E-state index is 0.801. The Morgan fingerprint density at radius 1 is 1.15 bits per heavy atom. The fourth-order valence-electron chi connectivity index (χ4n) is 3.10. The largest absolute Gasteiger partial charge is 0.301 e. The molecule has 108 valence electrons. The van der Waals surface area contributed by atoms with Gasteiger partial charge in [-0.25, -0.2) is 0 Å². The smallest absolute Gasteiger partial charge is 0.0349 e. The van der Waals surface area contributed by atoms with Crippen LogP contribution in [0, 0.1) is 5.92 Å². The van der Waals surface area contributed by atoms with Gasteiger partial charge in [0.15, 0.2) is 0 Å². The average Bonchev–Trinajstić information content (AvgIpc) is 2.94. The minimum Gasteiger partial charge on any atom is -0.301 e. The number of hydrogen-bond donors (Lipinski definition) is 0. The van der Waals surface area contributed by atoms with Crippen LogP contribution in [0.25, 0.3) is 6.08 Å². The number of benzene rings is 1. The number of hydrogen-bond acceptors (Lipinski definition) is 2. The summed E-state index contributed by atoms with van der Waals surface area (Å²) >= 11 is 2.04. The summed E-state index contributed by atoms with van der Waals surface area (Å²) in [5.74, 6) is 0.832. The molecule has 2 aliphatic rings. The second-order valence-corrected chi connectivity index (χ2v) is 7.44. The summed E-state index contributed by atoms with van der Waals surface area (Å²) in [7, 11) is 0. The quantitative estimate of drug-likeness (QED) is 0.773. The topological polar surface area (TPSA) is 3.24 Å². The first-order valence-electron chi connectivity index (χ1n) is 8.01. The molecule has 1 nitrogen and oxygen atoms in total. The van der Waals surface area contributed by atoms with Gasteiger partial charge in [-0.2, -0.15) is 0 Å². The van der Waals surface area contributed by atoms with Crippen LogP contribution in [0.15, 0.2) is 35.2 Å². The molecule has 0 bridgehead atoms. The maximum absolute atomic E-state index is 2.50. The summed E-state index contributed by atoms with van der Waals surface area (Å²) < 4.78 is 0. The van der Waals surface area contributed by atoms with Crippen LogP contribution in [-0.2, 0) is 0 Å². The number of likely N-dealkylation sites (tertiary alicyclic amines) is 1. The summed E-state index contributed by atoms with van der Waals surface area (Å²) in [5, 5.41) is 0.801. The van der Waals surface area contributed by atoms with Gasteiger partial charge in [0.2, 0.25) is 0 Å². The van der Waals surface area contributed by atoms with E-state index < -0.39 is 0 Å². The molecule has 0 unspecified atom stereocenters. The zero-order valence-corrected chi connectivity index (χ0v) is 13.2. The van der Waals surface area contributed by atoms with E-state index in [9.17, 15) is 0 Å². The summed E-state index contributed by atoms with van der Waals surface area (Å²) in [6.07, 6.45) is 10.3. The van der Waals surface area contributed by atoms with Crippen molar-refractivity contribution in [3.05, 3.63) is 35.9 Å². The van der Waals surface area contributed by atoms with Gasteiger partial charge in [0, 0.05) is 23.2 Å². The van der Waals surface area contributed by atoms with Gasteiger partial charge in [-0.1, -0.05) is 44.1 Å². The molecular formula is C18H25NS. The van der Waals surface area contributed by atoms with Gasteiger partial charge < -0.3 is 4.90 Å². The zero-order valence-electron chi connectivity index (χ0n) is 12.4. The van der Waals surface area contributed by atoms with Gasteiger partial charge in [-0.15, -0.1) is 11.8 Å². The Kier molecular flexibility index (Phi) is 4.85. The molecule has 2 fully saturated rings. The molecule has 3 rings (SSSR count). The second-order valence-electron chi connectivity index (χ2n) is 6.06. The third-order valence-electron chi connectivity index (χ3n) is 4.51. The van der Waals surface area contributed by atoms with Crippen LogP contribution >= 0.6 is 11.8 Å². The highest BCUT2D eigenvalue weighted by atomic mass is 32.2. The predicted octanol–water partition coefficient (Wildman–Crippen LogP) is 4.69. The first kappa shape index (κ1) is 14.2. The lowest BCUT2D eigenvalue weighted by Gasteiger charge is -2.37. The lowest BCUT2D eigenvalue weighted by Crippen LogP contribution is -2.48. The van der Waals surface area contributed by atoms with Crippen molar-refractivity contribution in [1.82, 2.24) is 4.90 Å². The molecule has 1 aliphatic heterocycles. The zero-order chi connectivity index (χ0) is 13.8. The van der Waals surface area contributed by atoms with Crippen LogP contribution in [0.3, 0.4) is 0 Å². The van der Waals surface area contributed by atoms with Gasteiger partial charge in [0.1, 0.15) is 0 Å². The molecule has 0 amide bonds. The van der Waals surface area contributed by atoms with E-state index in [2.05, 4.69) is 48.2 Å². The van der Waals surface area contributed by atoms with Crippen molar-refractivity contribution < 1.29 is 0 Å². The van der Waals surface area contributed by atoms with E-state index in [4.69, 9.17) is 0 Å². The third-order valence-corrected chi connectivity index (χ3v) is 5.69. The highest BCUT2D eigenvalue weighted by molar-refractivity contribution is 8.00. The average molecular weight is 287 g/mol. The van der Waals surface area contributed by atoms with Crippen LogP contribution in [-0.4, -0.2) is 29.8 Å². The molecule has 1 saturated carbocycles. The van der Waals surface area contributed by atoms with Crippen molar-refractivity contribution in [2.24, 2.45) is 5.92 Å². The first-order valence-corrected chi connectivity index (χ1v) is 8.88. The number of rotatable bonds is 5. The van der Waals surface area contributed by atoms with E-state index in [1.54, 1.807) is 0 Å². The Bertz CT molecular complexity index is 439. The van der Waals surface area contributed by atoms with Crippen LogP contribution in [0.2, 0.25) is 0 Å². The Balaban J connectivity index is 1.49. The fourth-order valence-corrected chi connectivity index (χ4v) is 4.35. The van der Waals surface area contributed by atoms with E-state index in [0.29, 0.717) is 0 Å². The van der Waals surface area contributed by atoms with Gasteiger partial charge in [0.25, 0.3) is 0 Å². The lowest BCUT2D eigenvalue weighted by atomic mass is 10.1. The highest BCUT2D eigenvalue weighted by Gasteiger charge is 2.25. The Labute approximate surface area is 127 Å². The normalized spacial score (nSPS) is 21.6. The molecule has 0 spiro atoms. The van der Waals surface area contributed by atoms with E-state index in [0.717, 1.165) is 11.2 Å². The summed E-state index contributed by atoms with van der Waals surface area (Å²) in [4.78, 5) is 3.92. The Morgan fingerprint density at radius 2 is 1.85 bits per heavy atom. The molecule has 1 aliphatic carbocycles.